The van der Waals surface area contributed by atoms with Gasteiger partial charge in [-0.1, -0.05) is 0 Å². The maximum Gasteiger partial charge on any atom is 0.0960 e. The van der Waals surface area contributed by atoms with E-state index in [-0.39, 0.29) is 0 Å². The quantitative estimate of drug-likeness (QED) is 0.599. The minimum Gasteiger partial charge on any atom is -0.389 e. The van der Waals surface area contributed by atoms with Crippen LogP contribution in [0.25, 0.3) is 0 Å². The van der Waals surface area contributed by atoms with Gasteiger partial charge in [-0.15, -0.1) is 11.8 Å². The standard InChI is InChI=1S/C12H19BrN2OS/c1-12(16,9-14)6-2-3-7-17-11-5-4-10(13)8-15-11/h4-5,8,16H,2-3,6-7,9,14H2,1H3. The van der Waals surface area contributed by atoms with Gasteiger partial charge in [-0.3, -0.25) is 0 Å². The Kier molecular flexibility index (Phi) is 6.48. The highest BCUT2D eigenvalue weighted by atomic mass is 79.9. The normalized spacial score (nSPS) is 14.6. The molecule has 5 heteroatoms. The molecule has 0 bridgehead atoms. The summed E-state index contributed by atoms with van der Waals surface area (Å²) in [6, 6.07) is 4.00. The zero-order valence-electron chi connectivity index (χ0n) is 10.0. The third-order valence-corrected chi connectivity index (χ3v) is 4.00. The van der Waals surface area contributed by atoms with Gasteiger partial charge in [0.05, 0.1) is 10.6 Å². The van der Waals surface area contributed by atoms with E-state index in [1.165, 1.54) is 0 Å². The molecule has 1 aromatic heterocycles. The van der Waals surface area contributed by atoms with E-state index in [1.807, 2.05) is 18.3 Å². The van der Waals surface area contributed by atoms with Gasteiger partial charge in [-0.25, -0.2) is 4.98 Å². The van der Waals surface area contributed by atoms with Crippen LogP contribution in [0.5, 0.6) is 0 Å². The Morgan fingerprint density at radius 3 is 2.82 bits per heavy atom. The second-order valence-corrected chi connectivity index (χ2v) is 6.35. The first-order valence-electron chi connectivity index (χ1n) is 5.70. The van der Waals surface area contributed by atoms with Gasteiger partial charge < -0.3 is 10.8 Å². The molecule has 1 aromatic rings. The Hall–Kier alpha value is -0.100. The van der Waals surface area contributed by atoms with Crippen molar-refractivity contribution in [2.75, 3.05) is 12.3 Å². The number of unbranched alkanes of at least 4 members (excludes halogenated alkanes) is 1. The number of hydrogen-bond donors (Lipinski definition) is 2. The number of halogens is 1. The molecule has 3 N–H and O–H groups in total. The zero-order valence-corrected chi connectivity index (χ0v) is 12.4. The van der Waals surface area contributed by atoms with Crippen LogP contribution in [0.15, 0.2) is 27.8 Å². The van der Waals surface area contributed by atoms with Gasteiger partial charge >= 0.3 is 0 Å². The van der Waals surface area contributed by atoms with E-state index in [9.17, 15) is 5.11 Å². The average Bonchev–Trinajstić information content (AvgIpc) is 2.31. The molecule has 0 amide bonds. The van der Waals surface area contributed by atoms with E-state index in [2.05, 4.69) is 20.9 Å². The fourth-order valence-corrected chi connectivity index (χ4v) is 2.42. The van der Waals surface area contributed by atoms with Gasteiger partial charge in [-0.2, -0.15) is 0 Å². The van der Waals surface area contributed by atoms with Crippen LogP contribution >= 0.6 is 27.7 Å². The summed E-state index contributed by atoms with van der Waals surface area (Å²) in [6.07, 6.45) is 4.63. The first-order valence-corrected chi connectivity index (χ1v) is 7.48. The van der Waals surface area contributed by atoms with Crippen LogP contribution in [0.2, 0.25) is 0 Å². The van der Waals surface area contributed by atoms with Crippen LogP contribution in [0.1, 0.15) is 26.2 Å². The largest absolute Gasteiger partial charge is 0.389 e. The Bertz CT molecular complexity index is 330. The molecule has 0 aliphatic rings. The van der Waals surface area contributed by atoms with Crippen molar-refractivity contribution in [3.8, 4) is 0 Å². The highest BCUT2D eigenvalue weighted by molar-refractivity contribution is 9.10. The zero-order chi connectivity index (χ0) is 12.7. The molecule has 0 radical (unpaired) electrons. The Morgan fingerprint density at radius 1 is 1.47 bits per heavy atom. The summed E-state index contributed by atoms with van der Waals surface area (Å²) >= 11 is 5.10. The van der Waals surface area contributed by atoms with Gasteiger partial charge in [0.25, 0.3) is 0 Å². The smallest absolute Gasteiger partial charge is 0.0960 e. The fraction of sp³-hybridized carbons (Fsp3) is 0.583. The molecule has 96 valence electrons. The van der Waals surface area contributed by atoms with E-state index in [0.717, 1.165) is 34.5 Å². The summed E-state index contributed by atoms with van der Waals surface area (Å²) in [7, 11) is 0. The van der Waals surface area contributed by atoms with Crippen molar-refractivity contribution in [1.82, 2.24) is 4.98 Å². The molecule has 0 saturated heterocycles. The predicted molar refractivity (Wildman–Crippen MR) is 76.2 cm³/mol. The number of hydrogen-bond acceptors (Lipinski definition) is 4. The molecule has 0 fully saturated rings. The van der Waals surface area contributed by atoms with Crippen molar-refractivity contribution in [2.24, 2.45) is 5.73 Å². The van der Waals surface area contributed by atoms with Crippen molar-refractivity contribution in [3.63, 3.8) is 0 Å². The highest BCUT2D eigenvalue weighted by Crippen LogP contribution is 2.20. The van der Waals surface area contributed by atoms with Crippen molar-refractivity contribution in [1.29, 1.82) is 0 Å². The molecule has 0 saturated carbocycles. The molecule has 1 heterocycles. The third-order valence-electron chi connectivity index (χ3n) is 2.50. The van der Waals surface area contributed by atoms with Gasteiger partial charge in [0.2, 0.25) is 0 Å². The first-order chi connectivity index (χ1) is 8.03. The van der Waals surface area contributed by atoms with Crippen LogP contribution in [0.4, 0.5) is 0 Å². The van der Waals surface area contributed by atoms with Crippen molar-refractivity contribution < 1.29 is 5.11 Å². The van der Waals surface area contributed by atoms with Crippen molar-refractivity contribution >= 4 is 27.7 Å². The van der Waals surface area contributed by atoms with Gasteiger partial charge in [0, 0.05) is 17.2 Å². The molecule has 3 nitrogen and oxygen atoms in total. The maximum atomic E-state index is 9.72. The highest BCUT2D eigenvalue weighted by Gasteiger charge is 2.16. The summed E-state index contributed by atoms with van der Waals surface area (Å²) in [4.78, 5) is 4.29. The van der Waals surface area contributed by atoms with Gasteiger partial charge in [0.15, 0.2) is 0 Å². The molecular weight excluding hydrogens is 300 g/mol. The number of pyridine rings is 1. The molecule has 0 aromatic carbocycles. The minimum absolute atomic E-state index is 0.328. The molecule has 1 atom stereocenters. The second kappa shape index (κ2) is 7.36. The lowest BCUT2D eigenvalue weighted by molar-refractivity contribution is 0.0577. The lowest BCUT2D eigenvalue weighted by Crippen LogP contribution is -2.33. The Labute approximate surface area is 115 Å². The average molecular weight is 319 g/mol. The van der Waals surface area contributed by atoms with E-state index in [1.54, 1.807) is 18.7 Å². The molecular formula is C12H19BrN2OS. The van der Waals surface area contributed by atoms with Gasteiger partial charge in [-0.05, 0) is 60.0 Å². The number of nitrogens with zero attached hydrogens (tertiary/aromatic N) is 1. The topological polar surface area (TPSA) is 59.1 Å². The SMILES string of the molecule is CC(O)(CN)CCCCSc1ccc(Br)cn1. The number of thioether (sulfide) groups is 1. The van der Waals surface area contributed by atoms with E-state index >= 15 is 0 Å². The molecule has 0 aliphatic carbocycles. The predicted octanol–water partition coefficient (Wildman–Crippen LogP) is 2.82. The first kappa shape index (κ1) is 15.0. The lowest BCUT2D eigenvalue weighted by Gasteiger charge is -2.20. The minimum atomic E-state index is -0.708. The molecule has 1 rings (SSSR count). The fourth-order valence-electron chi connectivity index (χ4n) is 1.33. The lowest BCUT2D eigenvalue weighted by atomic mass is 10.00. The monoisotopic (exact) mass is 318 g/mol. The van der Waals surface area contributed by atoms with Crippen molar-refractivity contribution in [3.05, 3.63) is 22.8 Å². The number of aliphatic hydroxyl groups is 1. The van der Waals surface area contributed by atoms with Crippen molar-refractivity contribution in [2.45, 2.75) is 36.8 Å². The molecule has 0 spiro atoms. The number of rotatable bonds is 7. The summed E-state index contributed by atoms with van der Waals surface area (Å²) < 4.78 is 1.00. The Balaban J connectivity index is 2.14. The maximum absolute atomic E-state index is 9.72. The molecule has 17 heavy (non-hydrogen) atoms. The number of aromatic nitrogens is 1. The van der Waals surface area contributed by atoms with Crippen LogP contribution < -0.4 is 5.73 Å². The van der Waals surface area contributed by atoms with E-state index in [0.29, 0.717) is 6.54 Å². The molecule has 1 unspecified atom stereocenters. The Morgan fingerprint density at radius 2 is 2.24 bits per heavy atom. The third kappa shape index (κ3) is 6.41. The van der Waals surface area contributed by atoms with Crippen LogP contribution in [-0.2, 0) is 0 Å². The van der Waals surface area contributed by atoms with Gasteiger partial charge in [0.1, 0.15) is 0 Å². The van der Waals surface area contributed by atoms with Crippen LogP contribution in [0, 0.1) is 0 Å². The van der Waals surface area contributed by atoms with Crippen LogP contribution in [0.3, 0.4) is 0 Å². The summed E-state index contributed by atoms with van der Waals surface area (Å²) in [5, 5.41) is 10.8. The summed E-state index contributed by atoms with van der Waals surface area (Å²) in [5.41, 5.74) is 4.75. The van der Waals surface area contributed by atoms with E-state index < -0.39 is 5.60 Å². The van der Waals surface area contributed by atoms with Crippen LogP contribution in [-0.4, -0.2) is 28.0 Å². The summed E-state index contributed by atoms with van der Waals surface area (Å²) in [6.45, 7) is 2.12. The number of nitrogens with two attached hydrogens (primary N) is 1. The van der Waals surface area contributed by atoms with E-state index in [4.69, 9.17) is 5.73 Å². The summed E-state index contributed by atoms with van der Waals surface area (Å²) in [5.74, 6) is 1.02. The second-order valence-electron chi connectivity index (χ2n) is 4.32. The molecule has 0 aliphatic heterocycles.